The molecule has 1 aromatic carbocycles. The summed E-state index contributed by atoms with van der Waals surface area (Å²) in [5.41, 5.74) is 3.09. The van der Waals surface area contributed by atoms with Gasteiger partial charge in [-0.2, -0.15) is 0 Å². The van der Waals surface area contributed by atoms with E-state index >= 15 is 0 Å². The van der Waals surface area contributed by atoms with Gasteiger partial charge >= 0.3 is 0 Å². The molecule has 0 saturated carbocycles. The van der Waals surface area contributed by atoms with E-state index in [-0.39, 0.29) is 6.04 Å². The highest BCUT2D eigenvalue weighted by Crippen LogP contribution is 2.33. The van der Waals surface area contributed by atoms with Gasteiger partial charge in [-0.15, -0.1) is 0 Å². The molecule has 3 heteroatoms. The monoisotopic (exact) mass is 258 g/mol. The molecule has 2 aromatic rings. The molecule has 2 atom stereocenters. The van der Waals surface area contributed by atoms with Gasteiger partial charge in [0.05, 0.1) is 24.2 Å². The van der Waals surface area contributed by atoms with Crippen molar-refractivity contribution >= 4 is 0 Å². The molecule has 102 valence electrons. The molecule has 0 aliphatic carbocycles. The van der Waals surface area contributed by atoms with Crippen molar-refractivity contribution in [1.29, 1.82) is 0 Å². The molecule has 0 spiro atoms. The van der Waals surface area contributed by atoms with Crippen LogP contribution in [0.25, 0.3) is 0 Å². The highest BCUT2D eigenvalue weighted by atomic mass is 16.3. The second-order valence-electron chi connectivity index (χ2n) is 5.41. The quantitative estimate of drug-likeness (QED) is 0.912. The normalized spacial score (nSPS) is 14.6. The fourth-order valence-corrected chi connectivity index (χ4v) is 2.50. The predicted octanol–water partition coefficient (Wildman–Crippen LogP) is 3.43. The summed E-state index contributed by atoms with van der Waals surface area (Å²) in [5.74, 6) is 0.322. The first-order valence-electron chi connectivity index (χ1n) is 6.75. The van der Waals surface area contributed by atoms with Gasteiger partial charge in [-0.1, -0.05) is 44.2 Å². The van der Waals surface area contributed by atoms with Gasteiger partial charge in [-0.25, -0.2) is 4.98 Å². The van der Waals surface area contributed by atoms with Crippen LogP contribution in [0.15, 0.2) is 36.7 Å². The zero-order chi connectivity index (χ0) is 14.0. The van der Waals surface area contributed by atoms with E-state index in [0.717, 1.165) is 17.0 Å². The van der Waals surface area contributed by atoms with Crippen molar-refractivity contribution in [3.63, 3.8) is 0 Å². The van der Waals surface area contributed by atoms with Gasteiger partial charge in [-0.05, 0) is 25.3 Å². The average molecular weight is 258 g/mol. The summed E-state index contributed by atoms with van der Waals surface area (Å²) in [7, 11) is 0. The predicted molar refractivity (Wildman–Crippen MR) is 77.0 cm³/mol. The third kappa shape index (κ3) is 2.71. The highest BCUT2D eigenvalue weighted by molar-refractivity contribution is 5.20. The van der Waals surface area contributed by atoms with Crippen molar-refractivity contribution in [2.45, 2.75) is 39.8 Å². The lowest BCUT2D eigenvalue weighted by Gasteiger charge is -2.29. The average Bonchev–Trinajstić information content (AvgIpc) is 2.72. The molecular formula is C16H22N2O. The Kier molecular flexibility index (Phi) is 4.05. The molecule has 1 heterocycles. The SMILES string of the molecule is Cc1ncn(C(C(C)C)C(O)c2ccccc2)c1C. The molecule has 0 saturated heterocycles. The fraction of sp³-hybridized carbons (Fsp3) is 0.438. The van der Waals surface area contributed by atoms with Crippen molar-refractivity contribution in [2.24, 2.45) is 5.92 Å². The van der Waals surface area contributed by atoms with Gasteiger partial charge < -0.3 is 9.67 Å². The number of aliphatic hydroxyl groups is 1. The summed E-state index contributed by atoms with van der Waals surface area (Å²) in [5, 5.41) is 10.7. The first-order chi connectivity index (χ1) is 9.02. The highest BCUT2D eigenvalue weighted by Gasteiger charge is 2.27. The van der Waals surface area contributed by atoms with Crippen LogP contribution >= 0.6 is 0 Å². The molecule has 0 aliphatic rings. The van der Waals surface area contributed by atoms with Crippen LogP contribution in [0.2, 0.25) is 0 Å². The minimum atomic E-state index is -0.520. The zero-order valence-corrected chi connectivity index (χ0v) is 12.0. The van der Waals surface area contributed by atoms with E-state index in [4.69, 9.17) is 0 Å². The largest absolute Gasteiger partial charge is 0.386 e. The number of benzene rings is 1. The van der Waals surface area contributed by atoms with Gasteiger partial charge in [0.2, 0.25) is 0 Å². The second kappa shape index (κ2) is 5.57. The third-order valence-corrected chi connectivity index (χ3v) is 3.76. The van der Waals surface area contributed by atoms with Crippen LogP contribution < -0.4 is 0 Å². The Hall–Kier alpha value is -1.61. The second-order valence-corrected chi connectivity index (χ2v) is 5.41. The smallest absolute Gasteiger partial charge is 0.1000 e. The number of hydrogen-bond donors (Lipinski definition) is 1. The number of rotatable bonds is 4. The number of nitrogens with zero attached hydrogens (tertiary/aromatic N) is 2. The van der Waals surface area contributed by atoms with Gasteiger partial charge in [0.15, 0.2) is 0 Å². The topological polar surface area (TPSA) is 38.0 Å². The minimum Gasteiger partial charge on any atom is -0.386 e. The van der Waals surface area contributed by atoms with E-state index in [1.165, 1.54) is 0 Å². The number of imidazole rings is 1. The minimum absolute atomic E-state index is 0.00333. The van der Waals surface area contributed by atoms with Crippen molar-refractivity contribution in [1.82, 2.24) is 9.55 Å². The van der Waals surface area contributed by atoms with Gasteiger partial charge in [0, 0.05) is 5.69 Å². The lowest BCUT2D eigenvalue weighted by Crippen LogP contribution is -2.23. The molecule has 0 fully saturated rings. The number of aromatic nitrogens is 2. The molecule has 1 N–H and O–H groups in total. The molecule has 3 nitrogen and oxygen atoms in total. The number of hydrogen-bond acceptors (Lipinski definition) is 2. The van der Waals surface area contributed by atoms with Gasteiger partial charge in [-0.3, -0.25) is 0 Å². The molecule has 19 heavy (non-hydrogen) atoms. The summed E-state index contributed by atoms with van der Waals surface area (Å²) in [6, 6.07) is 9.83. The van der Waals surface area contributed by atoms with Crippen LogP contribution in [0.3, 0.4) is 0 Å². The summed E-state index contributed by atoms with van der Waals surface area (Å²) in [6.45, 7) is 8.31. The van der Waals surface area contributed by atoms with Crippen molar-refractivity contribution in [2.75, 3.05) is 0 Å². The van der Waals surface area contributed by atoms with Crippen molar-refractivity contribution in [3.8, 4) is 0 Å². The Morgan fingerprint density at radius 1 is 1.11 bits per heavy atom. The van der Waals surface area contributed by atoms with E-state index in [1.807, 2.05) is 43.6 Å². The molecule has 2 unspecified atom stereocenters. The van der Waals surface area contributed by atoms with Crippen LogP contribution in [-0.4, -0.2) is 14.7 Å². The van der Waals surface area contributed by atoms with E-state index in [2.05, 4.69) is 30.3 Å². The third-order valence-electron chi connectivity index (χ3n) is 3.76. The van der Waals surface area contributed by atoms with Crippen LogP contribution in [0.5, 0.6) is 0 Å². The molecule has 1 aromatic heterocycles. The summed E-state index contributed by atoms with van der Waals surface area (Å²) in [4.78, 5) is 4.35. The maximum Gasteiger partial charge on any atom is 0.1000 e. The molecule has 0 bridgehead atoms. The van der Waals surface area contributed by atoms with Crippen LogP contribution in [0.1, 0.15) is 42.9 Å². The summed E-state index contributed by atoms with van der Waals surface area (Å²) < 4.78 is 2.09. The van der Waals surface area contributed by atoms with Crippen molar-refractivity contribution < 1.29 is 5.11 Å². The molecule has 0 aliphatic heterocycles. The zero-order valence-electron chi connectivity index (χ0n) is 12.0. The summed E-state index contributed by atoms with van der Waals surface area (Å²) >= 11 is 0. The maximum atomic E-state index is 10.7. The summed E-state index contributed by atoms with van der Waals surface area (Å²) in [6.07, 6.45) is 1.31. The molecule has 0 radical (unpaired) electrons. The number of aryl methyl sites for hydroxylation is 1. The Bertz CT molecular complexity index is 531. The first-order valence-corrected chi connectivity index (χ1v) is 6.75. The maximum absolute atomic E-state index is 10.7. The lowest BCUT2D eigenvalue weighted by atomic mass is 9.93. The van der Waals surface area contributed by atoms with E-state index in [1.54, 1.807) is 0 Å². The van der Waals surface area contributed by atoms with Gasteiger partial charge in [0.25, 0.3) is 0 Å². The fourth-order valence-electron chi connectivity index (χ4n) is 2.50. The Morgan fingerprint density at radius 3 is 2.21 bits per heavy atom. The standard InChI is InChI=1S/C16H22N2O/c1-11(2)15(18-10-17-12(3)13(18)4)16(19)14-8-6-5-7-9-14/h5-11,15-16,19H,1-4H3. The van der Waals surface area contributed by atoms with Crippen LogP contribution in [0, 0.1) is 19.8 Å². The lowest BCUT2D eigenvalue weighted by molar-refractivity contribution is 0.0861. The Morgan fingerprint density at radius 2 is 1.74 bits per heavy atom. The Labute approximate surface area is 114 Å². The molecule has 2 rings (SSSR count). The van der Waals surface area contributed by atoms with E-state index in [0.29, 0.717) is 5.92 Å². The molecule has 0 amide bonds. The van der Waals surface area contributed by atoms with Crippen molar-refractivity contribution in [3.05, 3.63) is 53.6 Å². The van der Waals surface area contributed by atoms with Crippen LogP contribution in [0.4, 0.5) is 0 Å². The molecular weight excluding hydrogens is 236 g/mol. The first kappa shape index (κ1) is 13.8. The van der Waals surface area contributed by atoms with Crippen LogP contribution in [-0.2, 0) is 0 Å². The van der Waals surface area contributed by atoms with Gasteiger partial charge in [0.1, 0.15) is 0 Å². The number of aliphatic hydroxyl groups excluding tert-OH is 1. The van der Waals surface area contributed by atoms with E-state index < -0.39 is 6.10 Å². The van der Waals surface area contributed by atoms with E-state index in [9.17, 15) is 5.11 Å². The Balaban J connectivity index is 2.39.